The Morgan fingerprint density at radius 2 is 1.96 bits per heavy atom. The van der Waals surface area contributed by atoms with E-state index in [1.54, 1.807) is 23.2 Å². The summed E-state index contributed by atoms with van der Waals surface area (Å²) >= 11 is 1.34. The molecule has 9 rings (SSSR count). The van der Waals surface area contributed by atoms with Crippen LogP contribution in [0.15, 0.2) is 49.7 Å². The summed E-state index contributed by atoms with van der Waals surface area (Å²) < 4.78 is 2.04. The van der Waals surface area contributed by atoms with E-state index in [-0.39, 0.29) is 28.2 Å². The van der Waals surface area contributed by atoms with Gasteiger partial charge in [-0.2, -0.15) is 5.10 Å². The Hall–Kier alpha value is -4.65. The number of aromatic nitrogens is 4. The number of carboxylic acids is 1. The van der Waals surface area contributed by atoms with Gasteiger partial charge in [0.25, 0.3) is 0 Å². The zero-order valence-electron chi connectivity index (χ0n) is 29.1. The third kappa shape index (κ3) is 5.79. The van der Waals surface area contributed by atoms with Crippen molar-refractivity contribution in [1.82, 2.24) is 19.7 Å². The van der Waals surface area contributed by atoms with Gasteiger partial charge < -0.3 is 5.11 Å². The van der Waals surface area contributed by atoms with Gasteiger partial charge in [-0.15, -0.1) is 0 Å². The van der Waals surface area contributed by atoms with Crippen LogP contribution in [-0.4, -0.2) is 49.0 Å². The first-order valence-corrected chi connectivity index (χ1v) is 18.4. The summed E-state index contributed by atoms with van der Waals surface area (Å²) in [5.74, 6) is 5.41. The van der Waals surface area contributed by atoms with Crippen molar-refractivity contribution >= 4 is 46.3 Å². The van der Waals surface area contributed by atoms with Crippen LogP contribution < -0.4 is 16.1 Å². The van der Waals surface area contributed by atoms with Gasteiger partial charge in [-0.3, -0.25) is 19.7 Å². The molecule has 4 atom stereocenters. The molecule has 4 aromatic rings. The fraction of sp³-hybridized carbons (Fsp3) is 0.410. The maximum Gasteiger partial charge on any atom is 0.355 e. The molecule has 4 aliphatic carbocycles. The molecule has 3 aromatic heterocycles. The molecule has 11 nitrogen and oxygen atoms in total. The van der Waals surface area contributed by atoms with Crippen LogP contribution in [0.2, 0.25) is 0 Å². The van der Waals surface area contributed by atoms with Gasteiger partial charge in [-0.25, -0.2) is 25.5 Å². The fourth-order valence-corrected chi connectivity index (χ4v) is 11.1. The lowest BCUT2D eigenvalue weighted by atomic mass is 9.43. The van der Waals surface area contributed by atoms with Gasteiger partial charge in [0, 0.05) is 41.2 Å². The topological polar surface area (TPSA) is 148 Å². The lowest BCUT2D eigenvalue weighted by molar-refractivity contribution is -0.224. The molecule has 4 heterocycles. The average Bonchev–Trinajstić information content (AvgIpc) is 3.67. The Bertz CT molecular complexity index is 2080. The highest BCUT2D eigenvalue weighted by Crippen LogP contribution is 2.67. The molecule has 4 N–H and O–H groups in total. The zero-order chi connectivity index (χ0) is 35.7. The van der Waals surface area contributed by atoms with Crippen molar-refractivity contribution in [3.63, 3.8) is 0 Å². The minimum absolute atomic E-state index is 0.0416. The summed E-state index contributed by atoms with van der Waals surface area (Å²) in [4.78, 5) is 43.7. The maximum atomic E-state index is 13.5. The minimum atomic E-state index is -1.12. The molecular formula is C39H43N7O4S. The van der Waals surface area contributed by atoms with E-state index in [4.69, 9.17) is 15.8 Å². The number of amides is 2. The Kier molecular flexibility index (Phi) is 8.04. The maximum absolute atomic E-state index is 13.5. The number of hydrogen-bond donors (Lipinski definition) is 3. The van der Waals surface area contributed by atoms with Crippen molar-refractivity contribution in [2.24, 2.45) is 22.6 Å². The Balaban J connectivity index is 1.07. The number of nitrogens with one attached hydrogen (secondary N) is 1. The molecule has 0 saturated heterocycles. The van der Waals surface area contributed by atoms with E-state index in [1.807, 2.05) is 41.9 Å². The van der Waals surface area contributed by atoms with Crippen molar-refractivity contribution in [3.8, 4) is 22.4 Å². The van der Waals surface area contributed by atoms with Gasteiger partial charge in [-0.1, -0.05) is 43.6 Å². The Morgan fingerprint density at radius 3 is 2.69 bits per heavy atom. The number of carbonyl (C=O) groups is 2. The van der Waals surface area contributed by atoms with E-state index in [1.165, 1.54) is 17.8 Å². The number of nitrogens with zero attached hydrogens (tertiary/aromatic N) is 5. The van der Waals surface area contributed by atoms with Crippen LogP contribution in [0.25, 0.3) is 34.5 Å². The number of carboxylic acid groups (broad SMARTS) is 1. The van der Waals surface area contributed by atoms with Gasteiger partial charge in [0.05, 0.1) is 28.1 Å². The van der Waals surface area contributed by atoms with Crippen molar-refractivity contribution in [2.75, 3.05) is 16.8 Å². The number of thiazole rings is 1. The van der Waals surface area contributed by atoms with E-state index in [2.05, 4.69) is 35.4 Å². The molecule has 0 spiro atoms. The monoisotopic (exact) mass is 705 g/mol. The molecular weight excluding hydrogens is 663 g/mol. The van der Waals surface area contributed by atoms with Crippen molar-refractivity contribution in [3.05, 3.63) is 77.2 Å². The van der Waals surface area contributed by atoms with Gasteiger partial charge >= 0.3 is 12.0 Å². The number of rotatable bonds is 9. The summed E-state index contributed by atoms with van der Waals surface area (Å²) in [5, 5.41) is 18.6. The van der Waals surface area contributed by atoms with Crippen molar-refractivity contribution < 1.29 is 19.5 Å². The number of carbonyl (C=O) groups excluding carboxylic acids is 1. The molecule has 264 valence electrons. The molecule has 0 radical (unpaired) electrons. The second kappa shape index (κ2) is 12.2. The highest BCUT2D eigenvalue weighted by atomic mass is 32.1. The molecule has 4 bridgehead atoms. The zero-order valence-corrected chi connectivity index (χ0v) is 29.9. The molecule has 2 amide bonds. The summed E-state index contributed by atoms with van der Waals surface area (Å²) in [6.45, 7) is 13.3. The Labute approximate surface area is 301 Å². The summed E-state index contributed by atoms with van der Waals surface area (Å²) in [6, 6.07) is 9.23. The highest BCUT2D eigenvalue weighted by Gasteiger charge is 2.62. The van der Waals surface area contributed by atoms with Crippen molar-refractivity contribution in [1.29, 1.82) is 0 Å². The largest absolute Gasteiger partial charge is 0.476 e. The van der Waals surface area contributed by atoms with Crippen LogP contribution in [0.4, 0.5) is 15.6 Å². The van der Waals surface area contributed by atoms with Crippen LogP contribution in [0.1, 0.15) is 84.2 Å². The molecule has 1 aromatic carbocycles. The predicted octanol–water partition coefficient (Wildman–Crippen LogP) is 7.97. The lowest BCUT2D eigenvalue weighted by Gasteiger charge is -2.65. The van der Waals surface area contributed by atoms with E-state index in [0.717, 1.165) is 84.4 Å². The van der Waals surface area contributed by atoms with Gasteiger partial charge in [-0.05, 0) is 111 Å². The van der Waals surface area contributed by atoms with E-state index >= 15 is 0 Å². The Morgan fingerprint density at radius 1 is 1.12 bits per heavy atom. The van der Waals surface area contributed by atoms with E-state index in [9.17, 15) is 14.7 Å². The number of anilines is 2. The third-order valence-corrected chi connectivity index (χ3v) is 12.6. The summed E-state index contributed by atoms with van der Waals surface area (Å²) in [5.41, 5.74) is 5.83. The SMILES string of the molecule is C=Cc1nc(NC(=O)N2CCCc3ccc(-c4ccc(-c5cnn(CC67CC8CC(C)(C6)CC(ON)(C8)C7)c5C)c(C(=O)O)n4)cc32)sc1C=C. The number of hydrogen-bond acceptors (Lipinski definition) is 8. The first kappa shape index (κ1) is 33.5. The third-order valence-electron chi connectivity index (χ3n) is 11.7. The molecule has 12 heteroatoms. The normalized spacial score (nSPS) is 26.2. The smallest absolute Gasteiger partial charge is 0.355 e. The molecule has 4 unspecified atom stereocenters. The number of nitrogens with two attached hydrogens (primary N) is 1. The van der Waals surface area contributed by atoms with Crippen molar-refractivity contribution in [2.45, 2.75) is 77.4 Å². The van der Waals surface area contributed by atoms with Gasteiger partial charge in [0.1, 0.15) is 0 Å². The number of aryl methyl sites for hydroxylation is 1. The van der Waals surface area contributed by atoms with Crippen LogP contribution >= 0.6 is 11.3 Å². The first-order chi connectivity index (χ1) is 24.5. The number of aromatic carboxylic acids is 1. The highest BCUT2D eigenvalue weighted by molar-refractivity contribution is 7.16. The van der Waals surface area contributed by atoms with E-state index < -0.39 is 5.97 Å². The fourth-order valence-electron chi connectivity index (χ4n) is 10.3. The summed E-state index contributed by atoms with van der Waals surface area (Å²) in [7, 11) is 0. The number of urea groups is 1. The standard InChI is InChI=1S/C39H43N7O4S/c1-5-29-32(6-2)51-35(43-29)44-36(49)45-13-7-8-25-9-10-26(14-31(25)45)30-12-11-27(33(42-30)34(47)48)28-18-41-46(23(28)3)22-38-16-24-15-37(4,19-38)20-39(17-24,21-38)50-40/h5-6,9-12,14,18,24H,1-2,7-8,13,15-17,19-22,40H2,3-4H3,(H,47,48)(H,43,44,49). The molecule has 4 saturated carbocycles. The van der Waals surface area contributed by atoms with Gasteiger partial charge in [0.15, 0.2) is 10.8 Å². The van der Waals surface area contributed by atoms with Crippen LogP contribution in [0.5, 0.6) is 0 Å². The second-order valence-corrected chi connectivity index (χ2v) is 16.6. The summed E-state index contributed by atoms with van der Waals surface area (Å²) in [6.07, 6.45) is 13.2. The second-order valence-electron chi connectivity index (χ2n) is 15.5. The molecule has 1 aliphatic heterocycles. The molecule has 5 aliphatic rings. The van der Waals surface area contributed by atoms with E-state index in [0.29, 0.717) is 34.5 Å². The average molecular weight is 706 g/mol. The number of benzene rings is 1. The van der Waals surface area contributed by atoms with Crippen LogP contribution in [-0.2, 0) is 17.8 Å². The quantitative estimate of drug-likeness (QED) is 0.149. The minimum Gasteiger partial charge on any atom is -0.476 e. The lowest BCUT2D eigenvalue weighted by Crippen LogP contribution is -2.62. The molecule has 4 fully saturated rings. The number of pyridine rings is 1. The van der Waals surface area contributed by atoms with Crippen LogP contribution in [0, 0.1) is 23.7 Å². The van der Waals surface area contributed by atoms with Crippen LogP contribution in [0.3, 0.4) is 0 Å². The number of fused-ring (bicyclic) bond motifs is 1. The predicted molar refractivity (Wildman–Crippen MR) is 199 cm³/mol. The van der Waals surface area contributed by atoms with Gasteiger partial charge in [0.2, 0.25) is 0 Å². The molecule has 51 heavy (non-hydrogen) atoms. The first-order valence-electron chi connectivity index (χ1n) is 17.6.